The summed E-state index contributed by atoms with van der Waals surface area (Å²) in [6.45, 7) is 3.76. The lowest BCUT2D eigenvalue weighted by Crippen LogP contribution is -2.31. The predicted molar refractivity (Wildman–Crippen MR) is 102 cm³/mol. The van der Waals surface area contributed by atoms with Crippen LogP contribution in [0.1, 0.15) is 46.3 Å². The molecule has 140 valence electrons. The summed E-state index contributed by atoms with van der Waals surface area (Å²) in [6, 6.07) is 9.46. The van der Waals surface area contributed by atoms with Gasteiger partial charge >= 0.3 is 5.63 Å². The zero-order chi connectivity index (χ0) is 18.8. The molecule has 7 nitrogen and oxygen atoms in total. The van der Waals surface area contributed by atoms with Crippen molar-refractivity contribution in [2.45, 2.75) is 32.2 Å². The highest BCUT2D eigenvalue weighted by Gasteiger charge is 2.22. The van der Waals surface area contributed by atoms with E-state index in [4.69, 9.17) is 4.42 Å². The first-order valence-corrected chi connectivity index (χ1v) is 9.19. The Balaban J connectivity index is 1.50. The van der Waals surface area contributed by atoms with Gasteiger partial charge in [0.25, 0.3) is 5.91 Å². The van der Waals surface area contributed by atoms with E-state index >= 15 is 0 Å². The van der Waals surface area contributed by atoms with Gasteiger partial charge in [-0.1, -0.05) is 12.1 Å². The number of piperidine rings is 1. The Morgan fingerprint density at radius 3 is 2.96 bits per heavy atom. The predicted octanol–water partition coefficient (Wildman–Crippen LogP) is 2.22. The number of nitrogens with one attached hydrogen (secondary N) is 3. The van der Waals surface area contributed by atoms with Crippen LogP contribution in [0.5, 0.6) is 0 Å². The topological polar surface area (TPSA) is 100 Å². The Hall–Kier alpha value is -2.93. The molecule has 3 N–H and O–H groups in total. The maximum atomic E-state index is 12.5. The second-order valence-electron chi connectivity index (χ2n) is 6.92. The lowest BCUT2D eigenvalue weighted by Gasteiger charge is -2.22. The number of benzene rings is 1. The van der Waals surface area contributed by atoms with Gasteiger partial charge in [0.2, 0.25) is 0 Å². The Morgan fingerprint density at radius 2 is 2.22 bits per heavy atom. The SMILES string of the molecule is Cc1cc(C2CCCNC2)oc(=O)c1C(=O)NCc1nc2ccccc2[nH]1. The van der Waals surface area contributed by atoms with E-state index in [9.17, 15) is 9.59 Å². The molecule has 1 saturated heterocycles. The molecule has 0 saturated carbocycles. The number of hydrogen-bond acceptors (Lipinski definition) is 5. The maximum Gasteiger partial charge on any atom is 0.349 e. The number of aryl methyl sites for hydroxylation is 1. The van der Waals surface area contributed by atoms with Gasteiger partial charge in [0.05, 0.1) is 17.6 Å². The summed E-state index contributed by atoms with van der Waals surface area (Å²) in [5.74, 6) is 1.02. The minimum absolute atomic E-state index is 0.0543. The molecule has 1 aromatic carbocycles. The largest absolute Gasteiger partial charge is 0.427 e. The number of aromatic nitrogens is 2. The third-order valence-electron chi connectivity index (χ3n) is 4.95. The van der Waals surface area contributed by atoms with Crippen LogP contribution in [-0.4, -0.2) is 29.0 Å². The van der Waals surface area contributed by atoms with Gasteiger partial charge < -0.3 is 20.0 Å². The summed E-state index contributed by atoms with van der Waals surface area (Å²) in [6.07, 6.45) is 2.03. The van der Waals surface area contributed by atoms with Crippen molar-refractivity contribution < 1.29 is 9.21 Å². The highest BCUT2D eigenvalue weighted by atomic mass is 16.4. The normalized spacial score (nSPS) is 17.1. The number of aromatic amines is 1. The highest BCUT2D eigenvalue weighted by Crippen LogP contribution is 2.23. The lowest BCUT2D eigenvalue weighted by molar-refractivity contribution is 0.0944. The molecular weight excluding hydrogens is 344 g/mol. The first-order chi connectivity index (χ1) is 13.1. The summed E-state index contributed by atoms with van der Waals surface area (Å²) < 4.78 is 5.47. The summed E-state index contributed by atoms with van der Waals surface area (Å²) in [5.41, 5.74) is 1.84. The molecule has 0 bridgehead atoms. The van der Waals surface area contributed by atoms with Gasteiger partial charge in [-0.3, -0.25) is 4.79 Å². The highest BCUT2D eigenvalue weighted by molar-refractivity contribution is 5.95. The molecule has 1 amide bonds. The molecule has 27 heavy (non-hydrogen) atoms. The van der Waals surface area contributed by atoms with Crippen LogP contribution < -0.4 is 16.3 Å². The van der Waals surface area contributed by atoms with Crippen molar-refractivity contribution in [2.75, 3.05) is 13.1 Å². The van der Waals surface area contributed by atoms with Crippen LogP contribution in [-0.2, 0) is 6.54 Å². The standard InChI is InChI=1S/C20H22N4O3/c1-12-9-16(13-5-4-8-21-10-13)27-20(26)18(12)19(25)22-11-17-23-14-6-2-3-7-15(14)24-17/h2-3,6-7,9,13,21H,4-5,8,10-11H2,1H3,(H,22,25)(H,23,24). The number of carbonyl (C=O) groups excluding carboxylic acids is 1. The fourth-order valence-electron chi connectivity index (χ4n) is 3.54. The number of fused-ring (bicyclic) bond motifs is 1. The van der Waals surface area contributed by atoms with Crippen molar-refractivity contribution in [3.05, 3.63) is 63.5 Å². The first kappa shape index (κ1) is 17.5. The van der Waals surface area contributed by atoms with E-state index in [1.54, 1.807) is 6.92 Å². The molecule has 1 atom stereocenters. The minimum atomic E-state index is -0.585. The van der Waals surface area contributed by atoms with Crippen molar-refractivity contribution in [3.63, 3.8) is 0 Å². The third-order valence-corrected chi connectivity index (χ3v) is 4.95. The molecule has 2 aromatic heterocycles. The van der Waals surface area contributed by atoms with Gasteiger partial charge in [-0.15, -0.1) is 0 Å². The van der Waals surface area contributed by atoms with E-state index in [2.05, 4.69) is 20.6 Å². The quantitative estimate of drug-likeness (QED) is 0.657. The van der Waals surface area contributed by atoms with Crippen LogP contribution in [0.2, 0.25) is 0 Å². The fourth-order valence-corrected chi connectivity index (χ4v) is 3.54. The van der Waals surface area contributed by atoms with E-state index in [-0.39, 0.29) is 18.0 Å². The number of H-pyrrole nitrogens is 1. The fraction of sp³-hybridized carbons (Fsp3) is 0.350. The molecule has 3 heterocycles. The molecule has 0 spiro atoms. The Bertz CT molecular complexity index is 998. The molecule has 0 radical (unpaired) electrons. The second kappa shape index (κ2) is 7.36. The van der Waals surface area contributed by atoms with Gasteiger partial charge in [-0.2, -0.15) is 0 Å². The summed E-state index contributed by atoms with van der Waals surface area (Å²) >= 11 is 0. The monoisotopic (exact) mass is 366 g/mol. The average molecular weight is 366 g/mol. The Labute approximate surface area is 156 Å². The summed E-state index contributed by atoms with van der Waals surface area (Å²) in [7, 11) is 0. The van der Waals surface area contributed by atoms with E-state index in [0.29, 0.717) is 17.1 Å². The smallest absolute Gasteiger partial charge is 0.349 e. The minimum Gasteiger partial charge on any atom is -0.427 e. The van der Waals surface area contributed by atoms with Crippen molar-refractivity contribution in [3.8, 4) is 0 Å². The van der Waals surface area contributed by atoms with Gasteiger partial charge in [0.1, 0.15) is 17.1 Å². The number of amides is 1. The molecule has 1 aliphatic heterocycles. The van der Waals surface area contributed by atoms with Crippen LogP contribution in [0.25, 0.3) is 11.0 Å². The molecule has 3 aromatic rings. The number of para-hydroxylation sites is 2. The van der Waals surface area contributed by atoms with E-state index < -0.39 is 11.5 Å². The Morgan fingerprint density at radius 1 is 1.37 bits per heavy atom. The zero-order valence-corrected chi connectivity index (χ0v) is 15.2. The van der Waals surface area contributed by atoms with Crippen LogP contribution in [0.3, 0.4) is 0 Å². The summed E-state index contributed by atoms with van der Waals surface area (Å²) in [4.78, 5) is 32.5. The molecule has 0 aliphatic carbocycles. The van der Waals surface area contributed by atoms with Crippen LogP contribution in [0.15, 0.2) is 39.5 Å². The molecule has 1 fully saturated rings. The number of hydrogen-bond donors (Lipinski definition) is 3. The van der Waals surface area contributed by atoms with Crippen molar-refractivity contribution in [2.24, 2.45) is 0 Å². The van der Waals surface area contributed by atoms with Crippen molar-refractivity contribution >= 4 is 16.9 Å². The first-order valence-electron chi connectivity index (χ1n) is 9.19. The van der Waals surface area contributed by atoms with Gasteiger partial charge in [0.15, 0.2) is 0 Å². The molecular formula is C20H22N4O3. The summed E-state index contributed by atoms with van der Waals surface area (Å²) in [5, 5.41) is 6.06. The maximum absolute atomic E-state index is 12.5. The van der Waals surface area contributed by atoms with E-state index in [1.165, 1.54) is 0 Å². The number of rotatable bonds is 4. The van der Waals surface area contributed by atoms with Crippen LogP contribution >= 0.6 is 0 Å². The van der Waals surface area contributed by atoms with E-state index in [1.807, 2.05) is 30.3 Å². The number of carbonyl (C=O) groups is 1. The lowest BCUT2D eigenvalue weighted by atomic mass is 9.95. The number of nitrogens with zero attached hydrogens (tertiary/aromatic N) is 1. The molecule has 7 heteroatoms. The Kier molecular flexibility index (Phi) is 4.77. The third kappa shape index (κ3) is 3.64. The second-order valence-corrected chi connectivity index (χ2v) is 6.92. The van der Waals surface area contributed by atoms with Crippen molar-refractivity contribution in [1.82, 2.24) is 20.6 Å². The number of imidazole rings is 1. The zero-order valence-electron chi connectivity index (χ0n) is 15.2. The van der Waals surface area contributed by atoms with Gasteiger partial charge in [-0.05, 0) is 50.1 Å². The molecule has 1 aliphatic rings. The molecule has 1 unspecified atom stereocenters. The van der Waals surface area contributed by atoms with E-state index in [0.717, 1.165) is 37.0 Å². The van der Waals surface area contributed by atoms with Gasteiger partial charge in [-0.25, -0.2) is 9.78 Å². The van der Waals surface area contributed by atoms with Crippen LogP contribution in [0, 0.1) is 6.92 Å². The van der Waals surface area contributed by atoms with Gasteiger partial charge in [0, 0.05) is 12.5 Å². The average Bonchev–Trinajstić information content (AvgIpc) is 3.09. The van der Waals surface area contributed by atoms with Crippen molar-refractivity contribution in [1.29, 1.82) is 0 Å². The molecule has 4 rings (SSSR count). The van der Waals surface area contributed by atoms with Crippen LogP contribution in [0.4, 0.5) is 0 Å².